The molecule has 1 N–H and O–H groups in total. The summed E-state index contributed by atoms with van der Waals surface area (Å²) in [6.07, 6.45) is 1.54. The van der Waals surface area contributed by atoms with E-state index < -0.39 is 16.0 Å². The summed E-state index contributed by atoms with van der Waals surface area (Å²) in [6, 6.07) is 5.98. The minimum absolute atomic E-state index is 0.0354. The van der Waals surface area contributed by atoms with Gasteiger partial charge < -0.3 is 10.1 Å². The van der Waals surface area contributed by atoms with Crippen LogP contribution in [0.2, 0.25) is 0 Å². The summed E-state index contributed by atoms with van der Waals surface area (Å²) in [4.78, 5) is 11.7. The second-order valence-corrected chi connectivity index (χ2v) is 7.17. The third-order valence-electron chi connectivity index (χ3n) is 3.75. The van der Waals surface area contributed by atoms with Crippen LogP contribution in [-0.2, 0) is 14.8 Å². The van der Waals surface area contributed by atoms with Gasteiger partial charge in [-0.3, -0.25) is 0 Å². The highest BCUT2D eigenvalue weighted by atomic mass is 32.2. The average Bonchev–Trinajstić information content (AvgIpc) is 3.05. The van der Waals surface area contributed by atoms with Crippen LogP contribution in [0.1, 0.15) is 30.1 Å². The Kier molecular flexibility index (Phi) is 5.55. The molecule has 0 bridgehead atoms. The highest BCUT2D eigenvalue weighted by molar-refractivity contribution is 7.89. The molecule has 0 spiro atoms. The molecule has 22 heavy (non-hydrogen) atoms. The van der Waals surface area contributed by atoms with Crippen molar-refractivity contribution in [1.82, 2.24) is 9.62 Å². The van der Waals surface area contributed by atoms with Gasteiger partial charge in [0.05, 0.1) is 17.6 Å². The van der Waals surface area contributed by atoms with Crippen LogP contribution in [0.15, 0.2) is 29.2 Å². The van der Waals surface area contributed by atoms with Gasteiger partial charge in [-0.15, -0.1) is 0 Å². The highest BCUT2D eigenvalue weighted by Gasteiger charge is 2.32. The maximum absolute atomic E-state index is 12.9. The van der Waals surface area contributed by atoms with Crippen LogP contribution in [0.5, 0.6) is 0 Å². The monoisotopic (exact) mass is 326 g/mol. The molecule has 1 heterocycles. The molecule has 1 fully saturated rings. The van der Waals surface area contributed by atoms with Crippen LogP contribution in [-0.4, -0.2) is 51.5 Å². The van der Waals surface area contributed by atoms with Crippen LogP contribution >= 0.6 is 0 Å². The van der Waals surface area contributed by atoms with Crippen LogP contribution in [0.4, 0.5) is 0 Å². The Morgan fingerprint density at radius 2 is 2.23 bits per heavy atom. The van der Waals surface area contributed by atoms with E-state index in [1.165, 1.54) is 19.2 Å². The Labute approximate surface area is 131 Å². The first-order chi connectivity index (χ1) is 10.5. The maximum Gasteiger partial charge on any atom is 0.337 e. The molecule has 1 unspecified atom stereocenters. The molecular formula is C15H22N2O4S. The molecule has 0 aromatic heterocycles. The SMILES string of the molecule is CCCN(C1CCNC1)S(=O)(=O)c1cccc(C(=O)OC)c1. The van der Waals surface area contributed by atoms with E-state index in [1.54, 1.807) is 16.4 Å². The van der Waals surface area contributed by atoms with Crippen molar-refractivity contribution in [2.24, 2.45) is 0 Å². The molecule has 0 aliphatic carbocycles. The van der Waals surface area contributed by atoms with Gasteiger partial charge in [0.1, 0.15) is 0 Å². The van der Waals surface area contributed by atoms with E-state index in [-0.39, 0.29) is 16.5 Å². The normalized spacial score (nSPS) is 18.6. The molecular weight excluding hydrogens is 304 g/mol. The molecule has 122 valence electrons. The predicted octanol–water partition coefficient (Wildman–Crippen LogP) is 1.24. The van der Waals surface area contributed by atoms with Crippen molar-refractivity contribution in [2.75, 3.05) is 26.7 Å². The Morgan fingerprint density at radius 3 is 2.82 bits per heavy atom. The molecule has 1 saturated heterocycles. The minimum Gasteiger partial charge on any atom is -0.465 e. The van der Waals surface area contributed by atoms with E-state index in [0.29, 0.717) is 13.1 Å². The summed E-state index contributed by atoms with van der Waals surface area (Å²) in [5.41, 5.74) is 0.240. The van der Waals surface area contributed by atoms with Gasteiger partial charge in [0.15, 0.2) is 0 Å². The molecule has 2 rings (SSSR count). The van der Waals surface area contributed by atoms with Crippen LogP contribution in [0.3, 0.4) is 0 Å². The predicted molar refractivity (Wildman–Crippen MR) is 83.2 cm³/mol. The number of hydrogen-bond donors (Lipinski definition) is 1. The van der Waals surface area contributed by atoms with Crippen LogP contribution < -0.4 is 5.32 Å². The quantitative estimate of drug-likeness (QED) is 0.796. The first-order valence-corrected chi connectivity index (χ1v) is 8.85. The van der Waals surface area contributed by atoms with Gasteiger partial charge in [-0.1, -0.05) is 13.0 Å². The lowest BCUT2D eigenvalue weighted by molar-refractivity contribution is 0.0600. The molecule has 0 amide bonds. The van der Waals surface area contributed by atoms with Crippen molar-refractivity contribution in [2.45, 2.75) is 30.7 Å². The van der Waals surface area contributed by atoms with Gasteiger partial charge >= 0.3 is 5.97 Å². The number of sulfonamides is 1. The zero-order valence-corrected chi connectivity index (χ0v) is 13.7. The number of carbonyl (C=O) groups is 1. The van der Waals surface area contributed by atoms with Gasteiger partial charge in [0, 0.05) is 19.1 Å². The first kappa shape index (κ1) is 16.9. The second-order valence-electron chi connectivity index (χ2n) is 5.28. The van der Waals surface area contributed by atoms with Gasteiger partial charge in [0.2, 0.25) is 10.0 Å². The molecule has 7 heteroatoms. The second kappa shape index (κ2) is 7.21. The number of nitrogens with one attached hydrogen (secondary N) is 1. The lowest BCUT2D eigenvalue weighted by atomic mass is 10.2. The lowest BCUT2D eigenvalue weighted by Crippen LogP contribution is -2.42. The number of ether oxygens (including phenoxy) is 1. The average molecular weight is 326 g/mol. The van der Waals surface area contributed by atoms with E-state index in [1.807, 2.05) is 6.92 Å². The van der Waals surface area contributed by atoms with Crippen LogP contribution in [0.25, 0.3) is 0 Å². The van der Waals surface area contributed by atoms with Crippen molar-refractivity contribution in [3.63, 3.8) is 0 Å². The van der Waals surface area contributed by atoms with Crippen molar-refractivity contribution in [3.05, 3.63) is 29.8 Å². The number of nitrogens with zero attached hydrogens (tertiary/aromatic N) is 1. The molecule has 0 saturated carbocycles. The fraction of sp³-hybridized carbons (Fsp3) is 0.533. The molecule has 1 aromatic rings. The number of esters is 1. The fourth-order valence-corrected chi connectivity index (χ4v) is 4.43. The van der Waals surface area contributed by atoms with Gasteiger partial charge in [-0.25, -0.2) is 13.2 Å². The molecule has 0 radical (unpaired) electrons. The van der Waals surface area contributed by atoms with Gasteiger partial charge in [-0.2, -0.15) is 4.31 Å². The fourth-order valence-electron chi connectivity index (χ4n) is 2.64. The standard InChI is InChI=1S/C15H22N2O4S/c1-3-9-17(13-7-8-16-11-13)22(19,20)14-6-4-5-12(10-14)15(18)21-2/h4-6,10,13,16H,3,7-9,11H2,1-2H3. The summed E-state index contributed by atoms with van der Waals surface area (Å²) in [6.45, 7) is 3.91. The van der Waals surface area contributed by atoms with E-state index >= 15 is 0 Å². The molecule has 1 atom stereocenters. The summed E-state index contributed by atoms with van der Waals surface area (Å²) >= 11 is 0. The largest absolute Gasteiger partial charge is 0.465 e. The Balaban J connectivity index is 2.36. The Bertz CT molecular complexity index is 624. The van der Waals surface area contributed by atoms with E-state index in [0.717, 1.165) is 19.4 Å². The zero-order chi connectivity index (χ0) is 16.2. The summed E-state index contributed by atoms with van der Waals surface area (Å²) < 4.78 is 32.0. The lowest BCUT2D eigenvalue weighted by Gasteiger charge is -2.27. The third-order valence-corrected chi connectivity index (χ3v) is 5.70. The van der Waals surface area contributed by atoms with Crippen molar-refractivity contribution in [3.8, 4) is 0 Å². The minimum atomic E-state index is -3.63. The molecule has 1 aliphatic heterocycles. The third kappa shape index (κ3) is 3.48. The van der Waals surface area contributed by atoms with E-state index in [9.17, 15) is 13.2 Å². The maximum atomic E-state index is 12.9. The number of methoxy groups -OCH3 is 1. The number of rotatable bonds is 6. The topological polar surface area (TPSA) is 75.7 Å². The van der Waals surface area contributed by atoms with E-state index in [2.05, 4.69) is 10.1 Å². The smallest absolute Gasteiger partial charge is 0.337 e. The van der Waals surface area contributed by atoms with Gasteiger partial charge in [-0.05, 0) is 37.6 Å². The molecule has 1 aromatic carbocycles. The van der Waals surface area contributed by atoms with Crippen molar-refractivity contribution in [1.29, 1.82) is 0 Å². The van der Waals surface area contributed by atoms with E-state index in [4.69, 9.17) is 0 Å². The summed E-state index contributed by atoms with van der Waals surface area (Å²) in [5.74, 6) is -0.540. The van der Waals surface area contributed by atoms with Crippen LogP contribution in [0, 0.1) is 0 Å². The highest BCUT2D eigenvalue weighted by Crippen LogP contribution is 2.22. The Morgan fingerprint density at radius 1 is 1.45 bits per heavy atom. The van der Waals surface area contributed by atoms with Crippen molar-refractivity contribution >= 4 is 16.0 Å². The zero-order valence-electron chi connectivity index (χ0n) is 12.9. The molecule has 6 nitrogen and oxygen atoms in total. The molecule has 1 aliphatic rings. The van der Waals surface area contributed by atoms with Crippen molar-refractivity contribution < 1.29 is 17.9 Å². The first-order valence-electron chi connectivity index (χ1n) is 7.41. The summed E-state index contributed by atoms with van der Waals surface area (Å²) in [5, 5.41) is 3.19. The Hall–Kier alpha value is -1.44. The van der Waals surface area contributed by atoms with Gasteiger partial charge in [0.25, 0.3) is 0 Å². The summed E-state index contributed by atoms with van der Waals surface area (Å²) in [7, 11) is -2.35. The number of hydrogen-bond acceptors (Lipinski definition) is 5. The number of benzene rings is 1. The number of carbonyl (C=O) groups excluding carboxylic acids is 1.